The summed E-state index contributed by atoms with van der Waals surface area (Å²) in [5.41, 5.74) is 9.02. The van der Waals surface area contributed by atoms with E-state index in [1.807, 2.05) is 31.2 Å². The molecular weight excluding hydrogens is 496 g/mol. The lowest BCUT2D eigenvalue weighted by molar-refractivity contribution is -0.146. The number of nitrogens with zero attached hydrogens (tertiary/aromatic N) is 2. The van der Waals surface area contributed by atoms with E-state index in [4.69, 9.17) is 14.5 Å². The zero-order valence-corrected chi connectivity index (χ0v) is 23.9. The Hall–Kier alpha value is -3.58. The summed E-state index contributed by atoms with van der Waals surface area (Å²) in [4.78, 5) is 35.8. The fourth-order valence-corrected chi connectivity index (χ4v) is 6.19. The molecule has 1 aliphatic rings. The number of benzene rings is 2. The summed E-state index contributed by atoms with van der Waals surface area (Å²) in [7, 11) is 0. The lowest BCUT2D eigenvalue weighted by Crippen LogP contribution is -2.36. The molecule has 0 saturated heterocycles. The van der Waals surface area contributed by atoms with Crippen LogP contribution in [0.15, 0.2) is 58.0 Å². The number of hydrogen-bond acceptors (Lipinski definition) is 7. The Morgan fingerprint density at radius 2 is 1.63 bits per heavy atom. The lowest BCUT2D eigenvalue weighted by atomic mass is 9.75. The quantitative estimate of drug-likeness (QED) is 0.308. The van der Waals surface area contributed by atoms with Gasteiger partial charge in [0.05, 0.1) is 24.5 Å². The lowest BCUT2D eigenvalue weighted by Gasteiger charge is -2.31. The molecule has 0 aliphatic carbocycles. The van der Waals surface area contributed by atoms with E-state index < -0.39 is 23.8 Å². The molecule has 6 nitrogen and oxygen atoms in total. The molecule has 1 aromatic heterocycles. The SMILES string of the molecule is CCOC(=O)C1=C(C)N=C(C)C(C(=O)OCC)C1c1cccc(-c2nc(-c3c(C)cc(C)cc3C)cs2)c1. The molecule has 0 saturated carbocycles. The van der Waals surface area contributed by atoms with E-state index >= 15 is 0 Å². The summed E-state index contributed by atoms with van der Waals surface area (Å²) in [6.07, 6.45) is 0. The molecule has 7 heteroatoms. The van der Waals surface area contributed by atoms with Crippen LogP contribution in [0.3, 0.4) is 0 Å². The van der Waals surface area contributed by atoms with Gasteiger partial charge in [0.1, 0.15) is 10.9 Å². The van der Waals surface area contributed by atoms with Crippen LogP contribution < -0.4 is 0 Å². The molecule has 2 unspecified atom stereocenters. The minimum Gasteiger partial charge on any atom is -0.465 e. The fraction of sp³-hybridized carbons (Fsp3) is 0.355. The highest BCUT2D eigenvalue weighted by molar-refractivity contribution is 7.13. The van der Waals surface area contributed by atoms with Crippen molar-refractivity contribution < 1.29 is 19.1 Å². The van der Waals surface area contributed by atoms with E-state index in [1.165, 1.54) is 16.7 Å². The van der Waals surface area contributed by atoms with Crippen molar-refractivity contribution in [3.05, 3.63) is 75.3 Å². The summed E-state index contributed by atoms with van der Waals surface area (Å²) in [6.45, 7) is 13.9. The minimum absolute atomic E-state index is 0.231. The molecule has 0 spiro atoms. The van der Waals surface area contributed by atoms with Crippen LogP contribution in [0.25, 0.3) is 21.8 Å². The van der Waals surface area contributed by atoms with Crippen LogP contribution in [0.2, 0.25) is 0 Å². The summed E-state index contributed by atoms with van der Waals surface area (Å²) in [5, 5.41) is 2.95. The maximum absolute atomic E-state index is 13.1. The highest BCUT2D eigenvalue weighted by atomic mass is 32.1. The number of aromatic nitrogens is 1. The Morgan fingerprint density at radius 1 is 0.947 bits per heavy atom. The minimum atomic E-state index is -0.724. The van der Waals surface area contributed by atoms with Gasteiger partial charge in [0.25, 0.3) is 0 Å². The van der Waals surface area contributed by atoms with Crippen molar-refractivity contribution in [2.24, 2.45) is 10.9 Å². The van der Waals surface area contributed by atoms with Crippen LogP contribution in [-0.2, 0) is 19.1 Å². The highest BCUT2D eigenvalue weighted by Crippen LogP contribution is 2.42. The Balaban J connectivity index is 1.80. The number of carbonyl (C=O) groups is 2. The molecule has 198 valence electrons. The smallest absolute Gasteiger partial charge is 0.336 e. The maximum atomic E-state index is 13.1. The monoisotopic (exact) mass is 530 g/mol. The van der Waals surface area contributed by atoms with Gasteiger partial charge in [0.2, 0.25) is 0 Å². The number of ether oxygens (including phenoxy) is 2. The first kappa shape index (κ1) is 27.5. The Bertz CT molecular complexity index is 1430. The van der Waals surface area contributed by atoms with Gasteiger partial charge in [-0.2, -0.15) is 0 Å². The van der Waals surface area contributed by atoms with Gasteiger partial charge >= 0.3 is 11.9 Å². The first-order valence-corrected chi connectivity index (χ1v) is 13.8. The second kappa shape index (κ2) is 11.4. The second-order valence-corrected chi connectivity index (χ2v) is 10.5. The molecule has 38 heavy (non-hydrogen) atoms. The largest absolute Gasteiger partial charge is 0.465 e. The van der Waals surface area contributed by atoms with Gasteiger partial charge in [-0.1, -0.05) is 35.9 Å². The molecule has 2 aromatic carbocycles. The van der Waals surface area contributed by atoms with E-state index in [-0.39, 0.29) is 13.2 Å². The Labute approximate surface area is 228 Å². The van der Waals surface area contributed by atoms with Crippen LogP contribution in [0.1, 0.15) is 55.9 Å². The van der Waals surface area contributed by atoms with Crippen molar-refractivity contribution in [2.45, 2.75) is 54.4 Å². The third kappa shape index (κ3) is 5.34. The molecule has 3 aromatic rings. The van der Waals surface area contributed by atoms with Crippen LogP contribution in [-0.4, -0.2) is 35.8 Å². The number of rotatable bonds is 7. The Morgan fingerprint density at radius 3 is 2.29 bits per heavy atom. The fourth-order valence-electron chi connectivity index (χ4n) is 5.38. The topological polar surface area (TPSA) is 77.8 Å². The zero-order valence-electron chi connectivity index (χ0n) is 23.0. The first-order chi connectivity index (χ1) is 18.2. The average molecular weight is 531 g/mol. The predicted octanol–water partition coefficient (Wildman–Crippen LogP) is 6.98. The third-order valence-corrected chi connectivity index (χ3v) is 7.69. The molecule has 2 atom stereocenters. The molecular formula is C31H34N2O4S. The third-order valence-electron chi connectivity index (χ3n) is 6.79. The molecule has 0 bridgehead atoms. The van der Waals surface area contributed by atoms with E-state index in [2.05, 4.69) is 43.3 Å². The second-order valence-electron chi connectivity index (χ2n) is 9.62. The van der Waals surface area contributed by atoms with Crippen LogP contribution >= 0.6 is 11.3 Å². The van der Waals surface area contributed by atoms with Gasteiger partial charge in [-0.25, -0.2) is 9.78 Å². The van der Waals surface area contributed by atoms with Gasteiger partial charge in [-0.3, -0.25) is 9.79 Å². The van der Waals surface area contributed by atoms with Gasteiger partial charge < -0.3 is 9.47 Å². The van der Waals surface area contributed by atoms with Crippen LogP contribution in [0, 0.1) is 26.7 Å². The predicted molar refractivity (Wildman–Crippen MR) is 153 cm³/mol. The number of esters is 2. The maximum Gasteiger partial charge on any atom is 0.336 e. The van der Waals surface area contributed by atoms with Crippen molar-refractivity contribution >= 4 is 29.0 Å². The van der Waals surface area contributed by atoms with Gasteiger partial charge in [-0.05, 0) is 71.2 Å². The number of hydrogen-bond donors (Lipinski definition) is 0. The van der Waals surface area contributed by atoms with Crippen molar-refractivity contribution in [1.82, 2.24) is 4.98 Å². The molecule has 0 fully saturated rings. The van der Waals surface area contributed by atoms with Crippen LogP contribution in [0.4, 0.5) is 0 Å². The van der Waals surface area contributed by atoms with Crippen molar-refractivity contribution in [3.8, 4) is 21.8 Å². The van der Waals surface area contributed by atoms with Gasteiger partial charge in [0.15, 0.2) is 0 Å². The molecule has 2 heterocycles. The molecule has 0 radical (unpaired) electrons. The standard InChI is InChI=1S/C31H34N2O4S/c1-8-36-30(34)26-20(6)32-21(7)27(31(35)37-9-2)28(26)22-11-10-12-23(15-22)29-33-24(16-38-29)25-18(4)13-17(3)14-19(25)5/h10-16,26,28H,8-9H2,1-7H3. The number of allylic oxidation sites excluding steroid dienone is 1. The summed E-state index contributed by atoms with van der Waals surface area (Å²) < 4.78 is 10.8. The van der Waals surface area contributed by atoms with E-state index in [1.54, 1.807) is 32.1 Å². The van der Waals surface area contributed by atoms with Gasteiger partial charge in [0, 0.05) is 33.8 Å². The molecule has 0 amide bonds. The van der Waals surface area contributed by atoms with Crippen molar-refractivity contribution in [2.75, 3.05) is 13.2 Å². The normalized spacial score (nSPS) is 17.3. The summed E-state index contributed by atoms with van der Waals surface area (Å²) in [5.74, 6) is -2.17. The number of carbonyl (C=O) groups excluding carboxylic acids is 2. The van der Waals surface area contributed by atoms with E-state index in [0.29, 0.717) is 17.0 Å². The molecule has 1 aliphatic heterocycles. The number of thiazole rings is 1. The van der Waals surface area contributed by atoms with E-state index in [9.17, 15) is 9.59 Å². The Kier molecular flexibility index (Phi) is 8.26. The van der Waals surface area contributed by atoms with Crippen LogP contribution in [0.5, 0.6) is 0 Å². The summed E-state index contributed by atoms with van der Waals surface area (Å²) in [6, 6.07) is 12.3. The highest BCUT2D eigenvalue weighted by Gasteiger charge is 2.42. The van der Waals surface area contributed by atoms with Gasteiger partial charge in [-0.15, -0.1) is 11.3 Å². The van der Waals surface area contributed by atoms with E-state index in [0.717, 1.165) is 27.4 Å². The number of aliphatic imine (C=N–C) groups is 1. The number of aryl methyl sites for hydroxylation is 3. The first-order valence-electron chi connectivity index (χ1n) is 12.9. The zero-order chi connectivity index (χ0) is 27.6. The molecule has 4 rings (SSSR count). The van der Waals surface area contributed by atoms with Crippen molar-refractivity contribution in [1.29, 1.82) is 0 Å². The average Bonchev–Trinajstić information content (AvgIpc) is 3.33. The summed E-state index contributed by atoms with van der Waals surface area (Å²) >= 11 is 1.58. The van der Waals surface area contributed by atoms with Crippen molar-refractivity contribution in [3.63, 3.8) is 0 Å². The molecule has 0 N–H and O–H groups in total.